The van der Waals surface area contributed by atoms with Gasteiger partial charge < -0.3 is 5.32 Å². The van der Waals surface area contributed by atoms with Crippen molar-refractivity contribution in [2.45, 2.75) is 52.4 Å². The molecule has 1 amide bonds. The SMILES string of the molecule is C/C=C\C(=C/C(=O)CC)NC(=O)C1CCCCC1. The van der Waals surface area contributed by atoms with Crippen LogP contribution in [0.1, 0.15) is 52.4 Å². The highest BCUT2D eigenvalue weighted by Gasteiger charge is 2.21. The highest BCUT2D eigenvalue weighted by molar-refractivity contribution is 5.91. The van der Waals surface area contributed by atoms with E-state index in [9.17, 15) is 9.59 Å². The Balaban J connectivity index is 2.62. The van der Waals surface area contributed by atoms with Crippen molar-refractivity contribution in [2.24, 2.45) is 5.92 Å². The van der Waals surface area contributed by atoms with Crippen molar-refractivity contribution in [2.75, 3.05) is 0 Å². The van der Waals surface area contributed by atoms with Crippen molar-refractivity contribution in [1.29, 1.82) is 0 Å². The van der Waals surface area contributed by atoms with Gasteiger partial charge in [-0.05, 0) is 25.8 Å². The van der Waals surface area contributed by atoms with E-state index in [0.717, 1.165) is 25.7 Å². The average Bonchev–Trinajstić information content (AvgIpc) is 2.39. The van der Waals surface area contributed by atoms with Gasteiger partial charge in [-0.15, -0.1) is 0 Å². The molecular formula is C15H23NO2. The van der Waals surface area contributed by atoms with Gasteiger partial charge in [-0.1, -0.05) is 32.3 Å². The molecule has 0 aromatic heterocycles. The first kappa shape index (κ1) is 14.7. The van der Waals surface area contributed by atoms with Crippen molar-refractivity contribution in [3.63, 3.8) is 0 Å². The first-order chi connectivity index (χ1) is 8.67. The first-order valence-electron chi connectivity index (χ1n) is 6.85. The second-order valence-electron chi connectivity index (χ2n) is 4.74. The van der Waals surface area contributed by atoms with E-state index in [0.29, 0.717) is 12.1 Å². The summed E-state index contributed by atoms with van der Waals surface area (Å²) < 4.78 is 0. The molecule has 18 heavy (non-hydrogen) atoms. The number of hydrogen-bond donors (Lipinski definition) is 1. The summed E-state index contributed by atoms with van der Waals surface area (Å²) in [5, 5.41) is 2.87. The van der Waals surface area contributed by atoms with Crippen LogP contribution in [-0.4, -0.2) is 11.7 Å². The number of nitrogens with one attached hydrogen (secondary N) is 1. The molecular weight excluding hydrogens is 226 g/mol. The molecule has 1 rings (SSSR count). The van der Waals surface area contributed by atoms with Crippen LogP contribution in [0.4, 0.5) is 0 Å². The second kappa shape index (κ2) is 7.85. The summed E-state index contributed by atoms with van der Waals surface area (Å²) in [7, 11) is 0. The molecule has 0 spiro atoms. The van der Waals surface area contributed by atoms with Crippen LogP contribution in [0.3, 0.4) is 0 Å². The van der Waals surface area contributed by atoms with Gasteiger partial charge in [-0.2, -0.15) is 0 Å². The van der Waals surface area contributed by atoms with Crippen molar-refractivity contribution < 1.29 is 9.59 Å². The van der Waals surface area contributed by atoms with Gasteiger partial charge in [0.05, 0.1) is 0 Å². The monoisotopic (exact) mass is 249 g/mol. The van der Waals surface area contributed by atoms with E-state index in [1.165, 1.54) is 12.5 Å². The summed E-state index contributed by atoms with van der Waals surface area (Å²) in [5.41, 5.74) is 0.611. The van der Waals surface area contributed by atoms with Crippen LogP contribution < -0.4 is 5.32 Å². The molecule has 0 aromatic carbocycles. The normalized spacial score (nSPS) is 18.0. The number of amides is 1. The van der Waals surface area contributed by atoms with Crippen LogP contribution >= 0.6 is 0 Å². The third-order valence-electron chi connectivity index (χ3n) is 3.25. The molecule has 1 aliphatic carbocycles. The van der Waals surface area contributed by atoms with Gasteiger partial charge in [-0.25, -0.2) is 0 Å². The minimum Gasteiger partial charge on any atom is -0.326 e. The van der Waals surface area contributed by atoms with Gasteiger partial charge in [-0.3, -0.25) is 9.59 Å². The van der Waals surface area contributed by atoms with E-state index >= 15 is 0 Å². The fraction of sp³-hybridized carbons (Fsp3) is 0.600. The van der Waals surface area contributed by atoms with Crippen molar-refractivity contribution in [3.8, 4) is 0 Å². The first-order valence-corrected chi connectivity index (χ1v) is 6.85. The third kappa shape index (κ3) is 4.86. The molecule has 0 radical (unpaired) electrons. The Kier molecular flexibility index (Phi) is 6.40. The fourth-order valence-electron chi connectivity index (χ4n) is 2.19. The number of ketones is 1. The molecule has 1 saturated carbocycles. The lowest BCUT2D eigenvalue weighted by Crippen LogP contribution is -2.31. The van der Waals surface area contributed by atoms with E-state index < -0.39 is 0 Å². The smallest absolute Gasteiger partial charge is 0.227 e. The van der Waals surface area contributed by atoms with Crippen LogP contribution in [0.15, 0.2) is 23.9 Å². The second-order valence-corrected chi connectivity index (χ2v) is 4.74. The third-order valence-corrected chi connectivity index (χ3v) is 3.25. The molecule has 0 atom stereocenters. The predicted octanol–water partition coefficient (Wildman–Crippen LogP) is 3.12. The molecule has 0 saturated heterocycles. The van der Waals surface area contributed by atoms with Gasteiger partial charge in [0.25, 0.3) is 0 Å². The molecule has 0 aromatic rings. The zero-order valence-electron chi connectivity index (χ0n) is 11.4. The summed E-state index contributed by atoms with van der Waals surface area (Å²) in [6, 6.07) is 0. The lowest BCUT2D eigenvalue weighted by Gasteiger charge is -2.21. The Morgan fingerprint density at radius 2 is 1.89 bits per heavy atom. The van der Waals surface area contributed by atoms with Crippen molar-refractivity contribution in [3.05, 3.63) is 23.9 Å². The van der Waals surface area contributed by atoms with Gasteiger partial charge in [0.1, 0.15) is 0 Å². The maximum absolute atomic E-state index is 12.1. The van der Waals surface area contributed by atoms with Crippen LogP contribution in [0.5, 0.6) is 0 Å². The van der Waals surface area contributed by atoms with E-state index in [1.54, 1.807) is 6.08 Å². The molecule has 3 nitrogen and oxygen atoms in total. The highest BCUT2D eigenvalue weighted by atomic mass is 16.2. The lowest BCUT2D eigenvalue weighted by molar-refractivity contribution is -0.125. The standard InChI is InChI=1S/C15H23NO2/c1-3-8-13(11-14(17)4-2)16-15(18)12-9-6-5-7-10-12/h3,8,11-12H,4-7,9-10H2,1-2H3,(H,16,18)/b8-3-,13-11+. The Bertz CT molecular complexity index is 350. The number of allylic oxidation sites excluding steroid dienone is 3. The van der Waals surface area contributed by atoms with Crippen LogP contribution in [0, 0.1) is 5.92 Å². The maximum Gasteiger partial charge on any atom is 0.227 e. The lowest BCUT2D eigenvalue weighted by atomic mass is 9.88. The zero-order chi connectivity index (χ0) is 13.4. The molecule has 100 valence electrons. The molecule has 1 fully saturated rings. The maximum atomic E-state index is 12.1. The number of carbonyl (C=O) groups excluding carboxylic acids is 2. The molecule has 1 aliphatic rings. The minimum absolute atomic E-state index is 0.0343. The number of carbonyl (C=O) groups is 2. The topological polar surface area (TPSA) is 46.2 Å². The summed E-state index contributed by atoms with van der Waals surface area (Å²) >= 11 is 0. The summed E-state index contributed by atoms with van der Waals surface area (Å²) in [6.45, 7) is 3.69. The van der Waals surface area contributed by atoms with E-state index in [-0.39, 0.29) is 17.6 Å². The van der Waals surface area contributed by atoms with Crippen LogP contribution in [0.25, 0.3) is 0 Å². The molecule has 0 aliphatic heterocycles. The summed E-state index contributed by atoms with van der Waals surface area (Å²) in [4.78, 5) is 23.4. The quantitative estimate of drug-likeness (QED) is 0.601. The van der Waals surface area contributed by atoms with E-state index in [4.69, 9.17) is 0 Å². The average molecular weight is 249 g/mol. The number of hydrogen-bond acceptors (Lipinski definition) is 2. The fourth-order valence-corrected chi connectivity index (χ4v) is 2.19. The Hall–Kier alpha value is -1.38. The van der Waals surface area contributed by atoms with Crippen LogP contribution in [0.2, 0.25) is 0 Å². The van der Waals surface area contributed by atoms with Crippen molar-refractivity contribution >= 4 is 11.7 Å². The van der Waals surface area contributed by atoms with E-state index in [1.807, 2.05) is 19.9 Å². The predicted molar refractivity (Wildman–Crippen MR) is 72.9 cm³/mol. The van der Waals surface area contributed by atoms with E-state index in [2.05, 4.69) is 5.32 Å². The Morgan fingerprint density at radius 1 is 1.22 bits per heavy atom. The van der Waals surface area contributed by atoms with Crippen LogP contribution in [-0.2, 0) is 9.59 Å². The summed E-state index contributed by atoms with van der Waals surface area (Å²) in [5.74, 6) is 0.208. The van der Waals surface area contributed by atoms with Crippen molar-refractivity contribution in [1.82, 2.24) is 5.32 Å². The molecule has 0 heterocycles. The van der Waals surface area contributed by atoms with Gasteiger partial charge in [0, 0.05) is 24.1 Å². The molecule has 0 bridgehead atoms. The minimum atomic E-state index is 0.0343. The van der Waals surface area contributed by atoms with Gasteiger partial charge in [0.2, 0.25) is 5.91 Å². The molecule has 3 heteroatoms. The zero-order valence-corrected chi connectivity index (χ0v) is 11.4. The Labute approximate surface area is 109 Å². The van der Waals surface area contributed by atoms with Gasteiger partial charge >= 0.3 is 0 Å². The largest absolute Gasteiger partial charge is 0.326 e. The summed E-state index contributed by atoms with van der Waals surface area (Å²) in [6.07, 6.45) is 11.0. The molecule has 1 N–H and O–H groups in total. The highest BCUT2D eigenvalue weighted by Crippen LogP contribution is 2.23. The van der Waals surface area contributed by atoms with Gasteiger partial charge in [0.15, 0.2) is 5.78 Å². The Morgan fingerprint density at radius 3 is 2.44 bits per heavy atom. The molecule has 0 unspecified atom stereocenters. The number of rotatable bonds is 5.